The summed E-state index contributed by atoms with van der Waals surface area (Å²) in [6.45, 7) is 7.20. The van der Waals surface area contributed by atoms with Crippen LogP contribution in [0.5, 0.6) is 0 Å². The Balaban J connectivity index is 1.72. The van der Waals surface area contributed by atoms with Crippen molar-refractivity contribution in [3.63, 3.8) is 0 Å². The Morgan fingerprint density at radius 3 is 2.31 bits per heavy atom. The normalized spacial score (nSPS) is 11.5. The van der Waals surface area contributed by atoms with Crippen molar-refractivity contribution in [3.05, 3.63) is 91.8 Å². The Bertz CT molecular complexity index is 1340. The molecule has 1 aromatic carbocycles. The number of pyridine rings is 1. The van der Waals surface area contributed by atoms with Gasteiger partial charge in [0.15, 0.2) is 0 Å². The van der Waals surface area contributed by atoms with E-state index in [2.05, 4.69) is 28.8 Å². The fourth-order valence-corrected chi connectivity index (χ4v) is 5.68. The zero-order valence-corrected chi connectivity index (χ0v) is 21.4. The van der Waals surface area contributed by atoms with E-state index in [1.807, 2.05) is 31.1 Å². The van der Waals surface area contributed by atoms with Gasteiger partial charge in [-0.2, -0.15) is 0 Å². The van der Waals surface area contributed by atoms with E-state index in [1.165, 1.54) is 34.8 Å². The van der Waals surface area contributed by atoms with E-state index in [0.29, 0.717) is 17.1 Å². The zero-order valence-electron chi connectivity index (χ0n) is 19.7. The maximum absolute atomic E-state index is 13.2. The maximum Gasteiger partial charge on any atom is 0.323 e. The van der Waals surface area contributed by atoms with Gasteiger partial charge in [-0.25, -0.2) is 18.2 Å². The number of hydrogen-bond acceptors (Lipinski definition) is 6. The van der Waals surface area contributed by atoms with Crippen LogP contribution in [0.15, 0.2) is 96.0 Å². The number of thiophene rings is 1. The number of nitrogens with zero attached hydrogens (tertiary/aromatic N) is 3. The fraction of sp³-hybridized carbons (Fsp3) is 0.120. The average Bonchev–Trinajstić information content (AvgIpc) is 3.35. The van der Waals surface area contributed by atoms with Gasteiger partial charge in [0.05, 0.1) is 5.69 Å². The quantitative estimate of drug-likeness (QED) is 0.393. The molecule has 0 atom stereocenters. The lowest BCUT2D eigenvalue weighted by atomic mass is 10.2. The first-order valence-corrected chi connectivity index (χ1v) is 12.8. The minimum absolute atomic E-state index is 0.222. The van der Waals surface area contributed by atoms with Gasteiger partial charge in [-0.1, -0.05) is 19.2 Å². The van der Waals surface area contributed by atoms with Gasteiger partial charge in [0.2, 0.25) is 0 Å². The first kappa shape index (κ1) is 25.7. The molecule has 35 heavy (non-hydrogen) atoms. The van der Waals surface area contributed by atoms with E-state index >= 15 is 0 Å². The summed E-state index contributed by atoms with van der Waals surface area (Å²) >= 11 is 1.18. The smallest absolute Gasteiger partial charge is 0.323 e. The highest BCUT2D eigenvalue weighted by atomic mass is 32.2. The Kier molecular flexibility index (Phi) is 8.10. The first-order valence-electron chi connectivity index (χ1n) is 10.5. The number of aromatic nitrogens is 1. The van der Waals surface area contributed by atoms with Gasteiger partial charge < -0.3 is 15.5 Å². The molecule has 10 heteroatoms. The third kappa shape index (κ3) is 6.17. The topological polar surface area (TPSA) is 94.6 Å². The number of benzene rings is 1. The molecule has 182 valence electrons. The third-order valence-electron chi connectivity index (χ3n) is 4.95. The Morgan fingerprint density at radius 2 is 1.74 bits per heavy atom. The number of sulfonamides is 1. The molecule has 2 heterocycles. The molecule has 0 saturated carbocycles. The van der Waals surface area contributed by atoms with Crippen LogP contribution in [0.3, 0.4) is 0 Å². The van der Waals surface area contributed by atoms with Gasteiger partial charge >= 0.3 is 6.03 Å². The highest BCUT2D eigenvalue weighted by molar-refractivity contribution is 7.94. The van der Waals surface area contributed by atoms with E-state index in [0.717, 1.165) is 16.3 Å². The SMILES string of the molecule is C=C/C=C(\C=C)NC(=O)Nc1ccc(N(C)S(=O)(=O)c2ccc(-c3ccc(N(C)C)nc3)s2)cc1. The molecule has 0 unspecified atom stereocenters. The van der Waals surface area contributed by atoms with Crippen LogP contribution in [0.2, 0.25) is 0 Å². The van der Waals surface area contributed by atoms with E-state index in [9.17, 15) is 13.2 Å². The van der Waals surface area contributed by atoms with Gasteiger partial charge in [0.1, 0.15) is 10.0 Å². The summed E-state index contributed by atoms with van der Waals surface area (Å²) < 4.78 is 27.9. The second-order valence-corrected chi connectivity index (χ2v) is 10.9. The molecule has 2 amide bonds. The average molecular weight is 510 g/mol. The number of anilines is 3. The summed E-state index contributed by atoms with van der Waals surface area (Å²) in [5, 5.41) is 5.32. The summed E-state index contributed by atoms with van der Waals surface area (Å²) in [4.78, 5) is 19.2. The van der Waals surface area contributed by atoms with E-state index in [4.69, 9.17) is 0 Å². The molecule has 0 radical (unpaired) electrons. The number of hydrogen-bond donors (Lipinski definition) is 2. The standard InChI is InChI=1S/C25H27N5O3S2/c1-6-8-19(7-2)27-25(31)28-20-10-12-21(13-11-20)30(5)35(32,33)24-16-14-22(34-24)18-9-15-23(26-17-18)29(3)4/h6-17H,1-2H2,3-5H3,(H2,27,28,31)/b19-8+. The van der Waals surface area contributed by atoms with Crippen molar-refractivity contribution in [2.75, 3.05) is 35.7 Å². The molecule has 0 aliphatic rings. The van der Waals surface area contributed by atoms with Crippen LogP contribution in [-0.2, 0) is 10.0 Å². The van der Waals surface area contributed by atoms with E-state index < -0.39 is 16.1 Å². The summed E-state index contributed by atoms with van der Waals surface area (Å²) in [6.07, 6.45) is 6.38. The lowest BCUT2D eigenvalue weighted by Crippen LogP contribution is -2.27. The van der Waals surface area contributed by atoms with Crippen LogP contribution < -0.4 is 19.8 Å². The van der Waals surface area contributed by atoms with Crippen LogP contribution in [-0.4, -0.2) is 40.6 Å². The predicted octanol–water partition coefficient (Wildman–Crippen LogP) is 5.08. The monoisotopic (exact) mass is 509 g/mol. The number of amides is 2. The highest BCUT2D eigenvalue weighted by Gasteiger charge is 2.24. The fourth-order valence-electron chi connectivity index (χ4n) is 3.02. The Labute approximate surface area is 210 Å². The zero-order chi connectivity index (χ0) is 25.6. The molecule has 2 N–H and O–H groups in total. The molecule has 8 nitrogen and oxygen atoms in total. The summed E-state index contributed by atoms with van der Waals surface area (Å²) in [7, 11) is 1.54. The molecule has 0 aliphatic carbocycles. The van der Waals surface area contributed by atoms with Crippen LogP contribution in [0.25, 0.3) is 10.4 Å². The van der Waals surface area contributed by atoms with Gasteiger partial charge in [-0.3, -0.25) is 4.31 Å². The number of allylic oxidation sites excluding steroid dienone is 3. The molecule has 3 rings (SSSR count). The second-order valence-electron chi connectivity index (χ2n) is 7.58. The molecule has 0 spiro atoms. The van der Waals surface area contributed by atoms with Crippen LogP contribution in [0, 0.1) is 0 Å². The van der Waals surface area contributed by atoms with E-state index in [-0.39, 0.29) is 4.21 Å². The molecule has 0 fully saturated rings. The van der Waals surface area contributed by atoms with Gasteiger partial charge in [0, 0.05) is 49.2 Å². The lowest BCUT2D eigenvalue weighted by molar-refractivity contribution is 0.254. The van der Waals surface area contributed by atoms with Crippen molar-refractivity contribution in [1.29, 1.82) is 0 Å². The van der Waals surface area contributed by atoms with Crippen molar-refractivity contribution < 1.29 is 13.2 Å². The van der Waals surface area contributed by atoms with Gasteiger partial charge in [0.25, 0.3) is 10.0 Å². The van der Waals surface area contributed by atoms with Crippen molar-refractivity contribution in [2.24, 2.45) is 0 Å². The van der Waals surface area contributed by atoms with Crippen LogP contribution >= 0.6 is 11.3 Å². The first-order chi connectivity index (χ1) is 16.6. The molecule has 3 aromatic rings. The maximum atomic E-state index is 13.2. The predicted molar refractivity (Wildman–Crippen MR) is 145 cm³/mol. The molecule has 0 saturated heterocycles. The van der Waals surface area contributed by atoms with Gasteiger partial charge in [-0.05, 0) is 60.7 Å². The molecule has 0 bridgehead atoms. The van der Waals surface area contributed by atoms with Crippen LogP contribution in [0.4, 0.5) is 22.0 Å². The number of nitrogens with one attached hydrogen (secondary N) is 2. The summed E-state index contributed by atoms with van der Waals surface area (Å²) in [5.41, 5.74) is 2.31. The molecule has 2 aromatic heterocycles. The molecular formula is C25H27N5O3S2. The molecular weight excluding hydrogens is 482 g/mol. The largest absolute Gasteiger partial charge is 0.363 e. The van der Waals surface area contributed by atoms with Crippen molar-refractivity contribution in [2.45, 2.75) is 4.21 Å². The Hall–Kier alpha value is -3.89. The third-order valence-corrected chi connectivity index (χ3v) is 8.34. The van der Waals surface area contributed by atoms with Crippen LogP contribution in [0.1, 0.15) is 0 Å². The number of urea groups is 1. The minimum Gasteiger partial charge on any atom is -0.363 e. The number of carbonyl (C=O) groups is 1. The highest BCUT2D eigenvalue weighted by Crippen LogP contribution is 2.33. The minimum atomic E-state index is -3.77. The van der Waals surface area contributed by atoms with Crippen molar-refractivity contribution in [1.82, 2.24) is 10.3 Å². The summed E-state index contributed by atoms with van der Waals surface area (Å²) in [6, 6.07) is 13.2. The number of carbonyl (C=O) groups excluding carboxylic acids is 1. The van der Waals surface area contributed by atoms with E-state index in [1.54, 1.807) is 48.7 Å². The molecule has 0 aliphatic heterocycles. The van der Waals surface area contributed by atoms with Crippen molar-refractivity contribution in [3.8, 4) is 10.4 Å². The Morgan fingerprint density at radius 1 is 1.03 bits per heavy atom. The second kappa shape index (κ2) is 11.0. The summed E-state index contributed by atoms with van der Waals surface area (Å²) in [5.74, 6) is 0.822. The lowest BCUT2D eigenvalue weighted by Gasteiger charge is -2.19. The van der Waals surface area contributed by atoms with Crippen molar-refractivity contribution >= 4 is 44.6 Å². The number of rotatable bonds is 9. The van der Waals surface area contributed by atoms with Gasteiger partial charge in [-0.15, -0.1) is 11.3 Å².